The molecule has 2 N–H and O–H groups in total. The first kappa shape index (κ1) is 21.7. The van der Waals surface area contributed by atoms with E-state index in [1.54, 1.807) is 4.98 Å². The molecule has 0 fully saturated rings. The number of amides is 1. The lowest BCUT2D eigenvalue weighted by atomic mass is 9.83. The summed E-state index contributed by atoms with van der Waals surface area (Å²) in [4.78, 5) is 25.6. The van der Waals surface area contributed by atoms with E-state index < -0.39 is 23.3 Å². The molecule has 1 heterocycles. The molecular formula is C21H25F3N2O2. The molecule has 2 aromatic rings. The van der Waals surface area contributed by atoms with E-state index >= 15 is 0 Å². The van der Waals surface area contributed by atoms with Gasteiger partial charge in [-0.2, -0.15) is 13.2 Å². The molecule has 4 nitrogen and oxygen atoms in total. The average Bonchev–Trinajstić information content (AvgIpc) is 2.55. The molecule has 0 aliphatic heterocycles. The first-order chi connectivity index (χ1) is 12.8. The van der Waals surface area contributed by atoms with Crippen molar-refractivity contribution in [3.8, 4) is 0 Å². The molecule has 28 heavy (non-hydrogen) atoms. The van der Waals surface area contributed by atoms with Gasteiger partial charge in [-0.05, 0) is 60.1 Å². The number of halogens is 3. The van der Waals surface area contributed by atoms with E-state index in [2.05, 4.69) is 38.2 Å². The van der Waals surface area contributed by atoms with Crippen molar-refractivity contribution in [2.45, 2.75) is 52.6 Å². The van der Waals surface area contributed by atoms with Gasteiger partial charge in [0.1, 0.15) is 11.3 Å². The first-order valence-corrected chi connectivity index (χ1v) is 9.00. The Kier molecular flexibility index (Phi) is 6.06. The highest BCUT2D eigenvalue weighted by Crippen LogP contribution is 2.27. The molecule has 0 unspecified atom stereocenters. The molecule has 0 atom stereocenters. The molecule has 0 bridgehead atoms. The van der Waals surface area contributed by atoms with Crippen LogP contribution < -0.4 is 10.9 Å². The number of alkyl halides is 3. The van der Waals surface area contributed by atoms with E-state index in [-0.39, 0.29) is 17.5 Å². The fourth-order valence-corrected chi connectivity index (χ4v) is 3.03. The highest BCUT2D eigenvalue weighted by molar-refractivity contribution is 5.93. The zero-order valence-electron chi connectivity index (χ0n) is 16.7. The highest BCUT2D eigenvalue weighted by atomic mass is 19.4. The summed E-state index contributed by atoms with van der Waals surface area (Å²) in [7, 11) is 0. The third-order valence-electron chi connectivity index (χ3n) is 4.68. The number of hydrogen-bond acceptors (Lipinski definition) is 2. The lowest BCUT2D eigenvalue weighted by Gasteiger charge is -2.22. The van der Waals surface area contributed by atoms with Crippen molar-refractivity contribution in [2.24, 2.45) is 0 Å². The molecule has 152 valence electrons. The number of aromatic amines is 1. The fourth-order valence-electron chi connectivity index (χ4n) is 3.03. The minimum atomic E-state index is -4.66. The van der Waals surface area contributed by atoms with Gasteiger partial charge in [-0.15, -0.1) is 0 Å². The summed E-state index contributed by atoms with van der Waals surface area (Å²) in [5.74, 6) is -0.698. The zero-order chi connectivity index (χ0) is 21.3. The molecule has 0 radical (unpaired) electrons. The first-order valence-electron chi connectivity index (χ1n) is 9.00. The standard InChI is InChI=1S/C21H25F3N2O2/c1-12-10-14(20(3,4)5)11-13(2)15(12)8-9-25-18(27)16-6-7-17(21(22,23)24)26-19(16)28/h6-7,10-11H,8-9H2,1-5H3,(H,25,27)(H,26,28). The van der Waals surface area contributed by atoms with Crippen LogP contribution in [-0.4, -0.2) is 17.4 Å². The van der Waals surface area contributed by atoms with Crippen LogP contribution in [0.25, 0.3) is 0 Å². The number of aromatic nitrogens is 1. The van der Waals surface area contributed by atoms with Crippen molar-refractivity contribution in [3.63, 3.8) is 0 Å². The SMILES string of the molecule is Cc1cc(C(C)(C)C)cc(C)c1CCNC(=O)c1ccc(C(F)(F)F)[nH]c1=O. The minimum Gasteiger partial charge on any atom is -0.352 e. The monoisotopic (exact) mass is 394 g/mol. The van der Waals surface area contributed by atoms with Crippen molar-refractivity contribution in [1.29, 1.82) is 0 Å². The number of carbonyl (C=O) groups is 1. The van der Waals surface area contributed by atoms with Gasteiger partial charge in [0.25, 0.3) is 11.5 Å². The Hall–Kier alpha value is -2.57. The second-order valence-electron chi connectivity index (χ2n) is 7.96. The lowest BCUT2D eigenvalue weighted by Crippen LogP contribution is -2.32. The van der Waals surface area contributed by atoms with E-state index in [4.69, 9.17) is 0 Å². The molecule has 0 aliphatic carbocycles. The third kappa shape index (κ3) is 5.03. The molecular weight excluding hydrogens is 369 g/mol. The molecule has 0 aliphatic rings. The Balaban J connectivity index is 2.08. The molecule has 0 saturated heterocycles. The number of nitrogens with one attached hydrogen (secondary N) is 2. The highest BCUT2D eigenvalue weighted by Gasteiger charge is 2.32. The molecule has 1 aromatic heterocycles. The summed E-state index contributed by atoms with van der Waals surface area (Å²) < 4.78 is 37.8. The van der Waals surface area contributed by atoms with E-state index in [9.17, 15) is 22.8 Å². The van der Waals surface area contributed by atoms with E-state index in [0.717, 1.165) is 22.8 Å². The van der Waals surface area contributed by atoms with Gasteiger partial charge in [0.15, 0.2) is 0 Å². The van der Waals surface area contributed by atoms with Crippen molar-refractivity contribution < 1.29 is 18.0 Å². The minimum absolute atomic E-state index is 0.0336. The van der Waals surface area contributed by atoms with Crippen LogP contribution in [0.3, 0.4) is 0 Å². The summed E-state index contributed by atoms with van der Waals surface area (Å²) >= 11 is 0. The van der Waals surface area contributed by atoms with E-state index in [1.165, 1.54) is 5.56 Å². The molecule has 1 aromatic carbocycles. The summed E-state index contributed by atoms with van der Waals surface area (Å²) in [6, 6.07) is 5.84. The van der Waals surface area contributed by atoms with Crippen molar-refractivity contribution in [3.05, 3.63) is 68.1 Å². The van der Waals surface area contributed by atoms with Crippen LogP contribution in [-0.2, 0) is 18.0 Å². The molecule has 0 spiro atoms. The molecule has 2 rings (SSSR count). The number of aryl methyl sites for hydroxylation is 2. The number of benzene rings is 1. The molecule has 1 amide bonds. The predicted molar refractivity (Wildman–Crippen MR) is 103 cm³/mol. The summed E-state index contributed by atoms with van der Waals surface area (Å²) in [5.41, 5.74) is 2.02. The smallest absolute Gasteiger partial charge is 0.352 e. The van der Waals surface area contributed by atoms with Gasteiger partial charge in [0, 0.05) is 6.54 Å². The summed E-state index contributed by atoms with van der Waals surface area (Å²) in [6.45, 7) is 10.7. The Labute approximate surface area is 162 Å². The van der Waals surface area contributed by atoms with Crippen molar-refractivity contribution >= 4 is 5.91 Å². The number of H-pyrrole nitrogens is 1. The fraction of sp³-hybridized carbons (Fsp3) is 0.429. The number of carbonyl (C=O) groups excluding carboxylic acids is 1. The second-order valence-corrected chi connectivity index (χ2v) is 7.96. The van der Waals surface area contributed by atoms with Crippen molar-refractivity contribution in [2.75, 3.05) is 6.54 Å². The maximum atomic E-state index is 12.6. The van der Waals surface area contributed by atoms with Crippen LogP contribution in [0.4, 0.5) is 13.2 Å². The second kappa shape index (κ2) is 7.81. The average molecular weight is 394 g/mol. The van der Waals surface area contributed by atoms with Gasteiger partial charge in [-0.25, -0.2) is 0 Å². The van der Waals surface area contributed by atoms with Gasteiger partial charge < -0.3 is 10.3 Å². The Morgan fingerprint density at radius 2 is 1.64 bits per heavy atom. The topological polar surface area (TPSA) is 62.0 Å². The van der Waals surface area contributed by atoms with Gasteiger partial charge >= 0.3 is 6.18 Å². The van der Waals surface area contributed by atoms with Crippen LogP contribution in [0.15, 0.2) is 29.1 Å². The summed E-state index contributed by atoms with van der Waals surface area (Å²) in [5, 5.41) is 2.61. The van der Waals surface area contributed by atoms with Crippen LogP contribution in [0.2, 0.25) is 0 Å². The van der Waals surface area contributed by atoms with Gasteiger partial charge in [0.2, 0.25) is 0 Å². The van der Waals surface area contributed by atoms with Gasteiger partial charge in [-0.1, -0.05) is 32.9 Å². The van der Waals surface area contributed by atoms with Crippen LogP contribution in [0, 0.1) is 13.8 Å². The van der Waals surface area contributed by atoms with Crippen LogP contribution in [0.1, 0.15) is 59.1 Å². The molecule has 7 heteroatoms. The summed E-state index contributed by atoms with van der Waals surface area (Å²) in [6.07, 6.45) is -4.10. The van der Waals surface area contributed by atoms with E-state index in [1.807, 2.05) is 13.8 Å². The van der Waals surface area contributed by atoms with Gasteiger partial charge in [0.05, 0.1) is 0 Å². The normalized spacial score (nSPS) is 12.1. The number of hydrogen-bond donors (Lipinski definition) is 2. The maximum Gasteiger partial charge on any atom is 0.431 e. The number of rotatable bonds is 4. The third-order valence-corrected chi connectivity index (χ3v) is 4.68. The molecule has 0 saturated carbocycles. The van der Waals surface area contributed by atoms with Crippen molar-refractivity contribution in [1.82, 2.24) is 10.3 Å². The number of pyridine rings is 1. The van der Waals surface area contributed by atoms with Crippen LogP contribution >= 0.6 is 0 Å². The Morgan fingerprint density at radius 3 is 2.11 bits per heavy atom. The van der Waals surface area contributed by atoms with E-state index in [0.29, 0.717) is 12.5 Å². The largest absolute Gasteiger partial charge is 0.431 e. The van der Waals surface area contributed by atoms with Crippen LogP contribution in [0.5, 0.6) is 0 Å². The maximum absolute atomic E-state index is 12.6. The predicted octanol–water partition coefficient (Wildman–Crippen LogP) is 4.28. The van der Waals surface area contributed by atoms with Gasteiger partial charge in [-0.3, -0.25) is 9.59 Å². The Bertz CT molecular complexity index is 915. The quantitative estimate of drug-likeness (QED) is 0.813. The zero-order valence-corrected chi connectivity index (χ0v) is 16.7. The lowest BCUT2D eigenvalue weighted by molar-refractivity contribution is -0.141. The Morgan fingerprint density at radius 1 is 1.07 bits per heavy atom.